The first-order valence-corrected chi connectivity index (χ1v) is 6.07. The van der Waals surface area contributed by atoms with Gasteiger partial charge in [0, 0.05) is 30.9 Å². The molecule has 0 aromatic carbocycles. The van der Waals surface area contributed by atoms with E-state index < -0.39 is 5.67 Å². The molecule has 16 heavy (non-hydrogen) atoms. The van der Waals surface area contributed by atoms with E-state index in [-0.39, 0.29) is 0 Å². The first kappa shape index (κ1) is 10.2. The highest BCUT2D eigenvalue weighted by Crippen LogP contribution is 2.38. The summed E-state index contributed by atoms with van der Waals surface area (Å²) in [5, 5.41) is 3.48. The highest BCUT2D eigenvalue weighted by atomic mass is 19.1. The molecule has 1 aromatic heterocycles. The Morgan fingerprint density at radius 1 is 1.38 bits per heavy atom. The summed E-state index contributed by atoms with van der Waals surface area (Å²) in [7, 11) is 0. The summed E-state index contributed by atoms with van der Waals surface area (Å²) in [5.74, 6) is 0. The second-order valence-electron chi connectivity index (χ2n) is 5.24. The number of nitrogens with one attached hydrogen (secondary N) is 1. The fourth-order valence-corrected chi connectivity index (χ4v) is 3.20. The van der Waals surface area contributed by atoms with Crippen LogP contribution in [0.15, 0.2) is 24.5 Å². The Labute approximate surface area is 95.3 Å². The van der Waals surface area contributed by atoms with Crippen LogP contribution in [0.1, 0.15) is 31.2 Å². The van der Waals surface area contributed by atoms with E-state index in [0.29, 0.717) is 31.3 Å². The van der Waals surface area contributed by atoms with E-state index in [1.807, 2.05) is 12.1 Å². The Kier molecular flexibility index (Phi) is 2.43. The van der Waals surface area contributed by atoms with Crippen molar-refractivity contribution in [3.05, 3.63) is 30.1 Å². The monoisotopic (exact) mass is 220 g/mol. The van der Waals surface area contributed by atoms with Crippen LogP contribution in [-0.4, -0.2) is 22.7 Å². The number of piperidine rings is 1. The fraction of sp³-hybridized carbons (Fsp3) is 0.615. The summed E-state index contributed by atoms with van der Waals surface area (Å²) in [6.45, 7) is 0. The van der Waals surface area contributed by atoms with E-state index in [1.54, 1.807) is 12.4 Å². The lowest BCUT2D eigenvalue weighted by Gasteiger charge is -2.35. The zero-order valence-corrected chi connectivity index (χ0v) is 9.32. The van der Waals surface area contributed by atoms with Crippen LogP contribution in [0.4, 0.5) is 4.39 Å². The van der Waals surface area contributed by atoms with Gasteiger partial charge in [-0.2, -0.15) is 0 Å². The highest BCUT2D eigenvalue weighted by molar-refractivity contribution is 5.14. The summed E-state index contributed by atoms with van der Waals surface area (Å²) in [4.78, 5) is 4.05. The number of halogens is 1. The molecule has 3 heterocycles. The maximum Gasteiger partial charge on any atom is 0.118 e. The maximum absolute atomic E-state index is 14.7. The third-order valence-electron chi connectivity index (χ3n) is 3.80. The van der Waals surface area contributed by atoms with Gasteiger partial charge in [0.15, 0.2) is 0 Å². The summed E-state index contributed by atoms with van der Waals surface area (Å²) in [6, 6.07) is 4.66. The van der Waals surface area contributed by atoms with Gasteiger partial charge in [-0.05, 0) is 37.3 Å². The van der Waals surface area contributed by atoms with Crippen LogP contribution in [0.25, 0.3) is 0 Å². The molecule has 0 radical (unpaired) electrons. The summed E-state index contributed by atoms with van der Waals surface area (Å²) >= 11 is 0. The maximum atomic E-state index is 14.7. The van der Waals surface area contributed by atoms with Crippen molar-refractivity contribution in [1.29, 1.82) is 0 Å². The topological polar surface area (TPSA) is 24.9 Å². The molecule has 0 spiro atoms. The average molecular weight is 220 g/mol. The van der Waals surface area contributed by atoms with E-state index in [1.165, 1.54) is 0 Å². The summed E-state index contributed by atoms with van der Waals surface area (Å²) in [5.41, 5.74) is 0.00595. The number of fused-ring (bicyclic) bond motifs is 2. The number of pyridine rings is 1. The second kappa shape index (κ2) is 3.81. The molecule has 3 rings (SSSR count). The molecule has 0 amide bonds. The molecule has 0 aliphatic carbocycles. The molecule has 1 N–H and O–H groups in total. The molecular weight excluding hydrogens is 203 g/mol. The summed E-state index contributed by atoms with van der Waals surface area (Å²) < 4.78 is 14.7. The van der Waals surface area contributed by atoms with Crippen LogP contribution in [0.5, 0.6) is 0 Å². The third kappa shape index (κ3) is 1.96. The Bertz CT molecular complexity index is 353. The van der Waals surface area contributed by atoms with Gasteiger partial charge in [0.25, 0.3) is 0 Å². The van der Waals surface area contributed by atoms with Gasteiger partial charge in [-0.25, -0.2) is 4.39 Å². The quantitative estimate of drug-likeness (QED) is 0.827. The van der Waals surface area contributed by atoms with E-state index in [9.17, 15) is 4.39 Å². The number of rotatable bonds is 2. The smallest absolute Gasteiger partial charge is 0.118 e. The van der Waals surface area contributed by atoms with E-state index in [0.717, 1.165) is 18.4 Å². The van der Waals surface area contributed by atoms with Crippen LogP contribution in [-0.2, 0) is 6.42 Å². The zero-order valence-electron chi connectivity index (χ0n) is 9.32. The zero-order chi connectivity index (χ0) is 11.0. The van der Waals surface area contributed by atoms with E-state index in [2.05, 4.69) is 10.3 Å². The molecule has 2 aliphatic heterocycles. The molecule has 1 aromatic rings. The average Bonchev–Trinajstić information content (AvgIpc) is 2.59. The fourth-order valence-electron chi connectivity index (χ4n) is 3.20. The first-order chi connectivity index (χ1) is 7.73. The summed E-state index contributed by atoms with van der Waals surface area (Å²) in [6.07, 6.45) is 7.66. The number of hydrogen-bond donors (Lipinski definition) is 1. The Morgan fingerprint density at radius 3 is 2.75 bits per heavy atom. The Hall–Kier alpha value is -0.960. The van der Waals surface area contributed by atoms with Crippen LogP contribution in [0, 0.1) is 0 Å². The molecule has 2 nitrogen and oxygen atoms in total. The molecule has 2 saturated heterocycles. The van der Waals surface area contributed by atoms with Gasteiger partial charge < -0.3 is 5.32 Å². The molecule has 2 fully saturated rings. The number of nitrogens with zero attached hydrogens (tertiary/aromatic N) is 1. The second-order valence-corrected chi connectivity index (χ2v) is 5.24. The minimum absolute atomic E-state index is 0.403. The van der Waals surface area contributed by atoms with Crippen molar-refractivity contribution in [2.24, 2.45) is 0 Å². The molecule has 2 bridgehead atoms. The minimum atomic E-state index is -1.01. The third-order valence-corrected chi connectivity index (χ3v) is 3.80. The normalized spacial score (nSPS) is 37.6. The lowest BCUT2D eigenvalue weighted by molar-refractivity contribution is 0.0893. The van der Waals surface area contributed by atoms with Crippen LogP contribution in [0.3, 0.4) is 0 Å². The van der Waals surface area contributed by atoms with Crippen molar-refractivity contribution in [2.75, 3.05) is 0 Å². The van der Waals surface area contributed by atoms with Crippen molar-refractivity contribution in [3.63, 3.8) is 0 Å². The predicted molar refractivity (Wildman–Crippen MR) is 61.0 cm³/mol. The lowest BCUT2D eigenvalue weighted by atomic mass is 9.84. The number of aromatic nitrogens is 1. The number of hydrogen-bond acceptors (Lipinski definition) is 2. The Balaban J connectivity index is 1.74. The van der Waals surface area contributed by atoms with E-state index in [4.69, 9.17) is 0 Å². The van der Waals surface area contributed by atoms with Gasteiger partial charge in [-0.15, -0.1) is 0 Å². The predicted octanol–water partition coefficient (Wildman–Crippen LogP) is 2.25. The van der Waals surface area contributed by atoms with Crippen molar-refractivity contribution in [3.8, 4) is 0 Å². The van der Waals surface area contributed by atoms with Crippen molar-refractivity contribution in [1.82, 2.24) is 10.3 Å². The van der Waals surface area contributed by atoms with Gasteiger partial charge in [0.2, 0.25) is 0 Å². The van der Waals surface area contributed by atoms with Crippen LogP contribution >= 0.6 is 0 Å². The van der Waals surface area contributed by atoms with Gasteiger partial charge >= 0.3 is 0 Å². The van der Waals surface area contributed by atoms with Crippen molar-refractivity contribution >= 4 is 0 Å². The van der Waals surface area contributed by atoms with Crippen molar-refractivity contribution in [2.45, 2.75) is 49.9 Å². The largest absolute Gasteiger partial charge is 0.311 e. The van der Waals surface area contributed by atoms with Gasteiger partial charge in [0.1, 0.15) is 5.67 Å². The van der Waals surface area contributed by atoms with Gasteiger partial charge in [-0.1, -0.05) is 6.07 Å². The molecule has 2 unspecified atom stereocenters. The van der Waals surface area contributed by atoms with E-state index >= 15 is 0 Å². The van der Waals surface area contributed by atoms with Gasteiger partial charge in [0.05, 0.1) is 0 Å². The first-order valence-electron chi connectivity index (χ1n) is 6.07. The highest BCUT2D eigenvalue weighted by Gasteiger charge is 2.43. The molecule has 86 valence electrons. The molecule has 0 saturated carbocycles. The minimum Gasteiger partial charge on any atom is -0.311 e. The van der Waals surface area contributed by atoms with Crippen LogP contribution < -0.4 is 5.32 Å². The Morgan fingerprint density at radius 2 is 2.12 bits per heavy atom. The lowest BCUT2D eigenvalue weighted by Crippen LogP contribution is -2.47. The molecule has 3 heteroatoms. The molecule has 2 atom stereocenters. The number of alkyl halides is 1. The molecule has 2 aliphatic rings. The van der Waals surface area contributed by atoms with Crippen molar-refractivity contribution < 1.29 is 4.39 Å². The standard InChI is InChI=1S/C13H17FN2/c14-13(6-10-2-1-5-15-9-10)7-11-3-4-12(8-13)16-11/h1-2,5,9,11-12,16H,3-4,6-8H2. The molecular formula is C13H17FN2. The van der Waals surface area contributed by atoms with Gasteiger partial charge in [-0.3, -0.25) is 4.98 Å². The van der Waals surface area contributed by atoms with Crippen LogP contribution in [0.2, 0.25) is 0 Å². The SMILES string of the molecule is FC1(Cc2cccnc2)CC2CCC(C1)N2.